The van der Waals surface area contributed by atoms with E-state index in [0.29, 0.717) is 50.2 Å². The van der Waals surface area contributed by atoms with Gasteiger partial charge in [-0.3, -0.25) is 19.0 Å². The number of halogens is 6. The van der Waals surface area contributed by atoms with Crippen molar-refractivity contribution < 1.29 is 41.4 Å². The maximum absolute atomic E-state index is 16.4. The highest BCUT2D eigenvalue weighted by Crippen LogP contribution is 2.46. The number of nitrogens with one attached hydrogen (secondary N) is 1. The zero-order valence-corrected chi connectivity index (χ0v) is 27.3. The lowest BCUT2D eigenvalue weighted by Gasteiger charge is -2.26. The quantitative estimate of drug-likeness (QED) is 0.128. The van der Waals surface area contributed by atoms with Crippen molar-refractivity contribution in [3.8, 4) is 16.9 Å². The van der Waals surface area contributed by atoms with Gasteiger partial charge in [-0.05, 0) is 91.8 Å². The SMILES string of the molecule is CCOC(=O)C[C@H](NC(=O)C(c1cc(Br)ccc1F)n1ccc(C(F)(F)F)cc1=O)c1cc(-c2c(C)cccc2O)cc(C2CC2)c1F. The molecule has 0 saturated heterocycles. The minimum absolute atomic E-state index is 0.0285. The molecule has 1 heterocycles. The van der Waals surface area contributed by atoms with Crippen LogP contribution in [0.25, 0.3) is 11.1 Å². The Hall–Kier alpha value is -4.52. The summed E-state index contributed by atoms with van der Waals surface area (Å²) in [6, 6.07) is 8.95. The molecule has 2 atom stereocenters. The summed E-state index contributed by atoms with van der Waals surface area (Å²) in [5.74, 6) is -3.81. The van der Waals surface area contributed by atoms with Crippen LogP contribution in [-0.4, -0.2) is 28.2 Å². The van der Waals surface area contributed by atoms with Gasteiger partial charge in [0, 0.05) is 33.4 Å². The zero-order valence-electron chi connectivity index (χ0n) is 25.7. The number of rotatable bonds is 10. The van der Waals surface area contributed by atoms with Crippen LogP contribution in [0.15, 0.2) is 76.1 Å². The van der Waals surface area contributed by atoms with E-state index < -0.39 is 59.3 Å². The summed E-state index contributed by atoms with van der Waals surface area (Å²) in [5.41, 5.74) is -1.24. The number of ether oxygens (including phenoxy) is 1. The summed E-state index contributed by atoms with van der Waals surface area (Å²) in [6.45, 7) is 3.28. The van der Waals surface area contributed by atoms with Crippen LogP contribution in [0.3, 0.4) is 0 Å². The third-order valence-electron chi connectivity index (χ3n) is 8.11. The fourth-order valence-corrected chi connectivity index (χ4v) is 6.06. The number of nitrogens with zero attached hydrogens (tertiary/aromatic N) is 1. The Morgan fingerprint density at radius 3 is 2.42 bits per heavy atom. The van der Waals surface area contributed by atoms with Crippen molar-refractivity contribution in [2.45, 2.75) is 57.3 Å². The lowest BCUT2D eigenvalue weighted by Crippen LogP contribution is -2.41. The summed E-state index contributed by atoms with van der Waals surface area (Å²) in [6.07, 6.45) is -3.34. The Kier molecular flexibility index (Phi) is 10.1. The van der Waals surface area contributed by atoms with Crippen molar-refractivity contribution in [1.82, 2.24) is 9.88 Å². The fraction of sp³-hybridized carbons (Fsp3) is 0.286. The molecule has 1 fully saturated rings. The molecular formula is C35H30BrF5N2O5. The first kappa shape index (κ1) is 34.8. The second kappa shape index (κ2) is 13.9. The van der Waals surface area contributed by atoms with Gasteiger partial charge in [0.25, 0.3) is 5.56 Å². The van der Waals surface area contributed by atoms with Gasteiger partial charge in [-0.25, -0.2) is 8.78 Å². The van der Waals surface area contributed by atoms with E-state index in [1.165, 1.54) is 24.3 Å². The predicted octanol–water partition coefficient (Wildman–Crippen LogP) is 7.87. The van der Waals surface area contributed by atoms with E-state index in [2.05, 4.69) is 21.2 Å². The average molecular weight is 734 g/mol. The summed E-state index contributed by atoms with van der Waals surface area (Å²) < 4.78 is 77.9. The van der Waals surface area contributed by atoms with Crippen LogP contribution >= 0.6 is 15.9 Å². The Morgan fingerprint density at radius 1 is 1.06 bits per heavy atom. The summed E-state index contributed by atoms with van der Waals surface area (Å²) in [7, 11) is 0. The number of phenols is 1. The van der Waals surface area contributed by atoms with Crippen molar-refractivity contribution in [2.24, 2.45) is 0 Å². The van der Waals surface area contributed by atoms with Crippen LogP contribution in [0.2, 0.25) is 0 Å². The molecule has 0 radical (unpaired) electrons. The summed E-state index contributed by atoms with van der Waals surface area (Å²) in [5, 5.41) is 13.3. The topological polar surface area (TPSA) is 97.6 Å². The Labute approximate surface area is 280 Å². The van der Waals surface area contributed by atoms with Gasteiger partial charge in [-0.2, -0.15) is 13.2 Å². The number of phenolic OH excluding ortho intramolecular Hbond substituents is 1. The zero-order chi connectivity index (χ0) is 34.9. The molecule has 1 amide bonds. The number of esters is 1. The molecule has 0 aliphatic heterocycles. The molecular weight excluding hydrogens is 703 g/mol. The van der Waals surface area contributed by atoms with E-state index in [9.17, 15) is 32.7 Å². The van der Waals surface area contributed by atoms with Crippen LogP contribution in [0.5, 0.6) is 5.75 Å². The van der Waals surface area contributed by atoms with Crippen LogP contribution in [0.4, 0.5) is 22.0 Å². The van der Waals surface area contributed by atoms with Gasteiger partial charge in [-0.15, -0.1) is 0 Å². The number of hydrogen-bond donors (Lipinski definition) is 2. The van der Waals surface area contributed by atoms with Crippen LogP contribution in [0, 0.1) is 18.6 Å². The lowest BCUT2D eigenvalue weighted by atomic mass is 9.90. The van der Waals surface area contributed by atoms with Gasteiger partial charge in [-0.1, -0.05) is 28.1 Å². The van der Waals surface area contributed by atoms with E-state index >= 15 is 8.78 Å². The largest absolute Gasteiger partial charge is 0.507 e. The number of aromatic hydroxyl groups is 1. The summed E-state index contributed by atoms with van der Waals surface area (Å²) in [4.78, 5) is 40.1. The molecule has 1 aromatic heterocycles. The van der Waals surface area contributed by atoms with Crippen LogP contribution in [0.1, 0.15) is 72.0 Å². The van der Waals surface area contributed by atoms with Gasteiger partial charge >= 0.3 is 12.1 Å². The van der Waals surface area contributed by atoms with Crippen LogP contribution in [-0.2, 0) is 20.5 Å². The van der Waals surface area contributed by atoms with E-state index in [1.54, 1.807) is 32.0 Å². The van der Waals surface area contributed by atoms with Gasteiger partial charge in [0.2, 0.25) is 5.91 Å². The second-order valence-corrected chi connectivity index (χ2v) is 12.4. The maximum Gasteiger partial charge on any atom is 0.416 e. The van der Waals surface area contributed by atoms with E-state index in [-0.39, 0.29) is 35.5 Å². The molecule has 0 bridgehead atoms. The first-order valence-electron chi connectivity index (χ1n) is 15.0. The molecule has 7 nitrogen and oxygen atoms in total. The van der Waals surface area contributed by atoms with E-state index in [4.69, 9.17) is 4.74 Å². The number of carbonyl (C=O) groups excluding carboxylic acids is 2. The molecule has 13 heteroatoms. The third kappa shape index (κ3) is 7.46. The van der Waals surface area contributed by atoms with E-state index in [0.717, 1.165) is 12.3 Å². The fourth-order valence-electron chi connectivity index (χ4n) is 5.68. The number of benzene rings is 3. The number of hydrogen-bond acceptors (Lipinski definition) is 5. The van der Waals surface area contributed by atoms with Crippen molar-refractivity contribution in [1.29, 1.82) is 0 Å². The number of aromatic nitrogens is 1. The minimum atomic E-state index is -4.87. The smallest absolute Gasteiger partial charge is 0.416 e. The monoisotopic (exact) mass is 732 g/mol. The standard InChI is InChI=1S/C35H30BrF5N2O5/c1-3-48-30(46)17-27(25-14-20(13-23(32(25)38)19-7-8-19)31-18(2)5-4-6-28(31)44)42-34(47)33(24-16-22(36)9-10-26(24)37)43-12-11-21(15-29(43)45)35(39,40)41/h4-6,9-16,19,27,33,44H,3,7-8,17H2,1-2H3,(H,42,47)/t27-,33?/m0/s1. The molecule has 1 aliphatic carbocycles. The molecule has 5 rings (SSSR count). The second-order valence-electron chi connectivity index (χ2n) is 11.5. The molecule has 4 aromatic rings. The molecule has 1 unspecified atom stereocenters. The Morgan fingerprint density at radius 2 is 1.79 bits per heavy atom. The van der Waals surface area contributed by atoms with Gasteiger partial charge in [0.1, 0.15) is 23.4 Å². The van der Waals surface area contributed by atoms with Gasteiger partial charge in [0.05, 0.1) is 24.6 Å². The van der Waals surface area contributed by atoms with Crippen LogP contribution < -0.4 is 10.9 Å². The first-order valence-corrected chi connectivity index (χ1v) is 15.8. The maximum atomic E-state index is 16.4. The molecule has 1 saturated carbocycles. The number of amides is 1. The van der Waals surface area contributed by atoms with Crippen molar-refractivity contribution in [2.75, 3.05) is 6.61 Å². The predicted molar refractivity (Wildman–Crippen MR) is 170 cm³/mol. The number of alkyl halides is 3. The molecule has 1 aliphatic rings. The van der Waals surface area contributed by atoms with Gasteiger partial charge in [0.15, 0.2) is 0 Å². The normalized spacial score (nSPS) is 14.3. The molecule has 252 valence electrons. The highest BCUT2D eigenvalue weighted by Gasteiger charge is 2.36. The Balaban J connectivity index is 1.67. The molecule has 2 N–H and O–H groups in total. The van der Waals surface area contributed by atoms with Gasteiger partial charge < -0.3 is 15.2 Å². The first-order chi connectivity index (χ1) is 22.7. The Bertz CT molecular complexity index is 1920. The minimum Gasteiger partial charge on any atom is -0.507 e. The van der Waals surface area contributed by atoms with E-state index in [1.807, 2.05) is 0 Å². The lowest BCUT2D eigenvalue weighted by molar-refractivity contribution is -0.144. The number of aryl methyl sites for hydroxylation is 1. The number of carbonyl (C=O) groups is 2. The van der Waals surface area contributed by atoms with Crippen molar-refractivity contribution >= 4 is 27.8 Å². The third-order valence-corrected chi connectivity index (χ3v) is 8.60. The number of pyridine rings is 1. The van der Waals surface area contributed by atoms with Crippen molar-refractivity contribution in [3.05, 3.63) is 121 Å². The molecule has 3 aromatic carbocycles. The highest BCUT2D eigenvalue weighted by atomic mass is 79.9. The average Bonchev–Trinajstić information content (AvgIpc) is 3.85. The highest BCUT2D eigenvalue weighted by molar-refractivity contribution is 9.10. The van der Waals surface area contributed by atoms with Crippen molar-refractivity contribution in [3.63, 3.8) is 0 Å². The molecule has 48 heavy (non-hydrogen) atoms. The molecule has 0 spiro atoms. The summed E-state index contributed by atoms with van der Waals surface area (Å²) >= 11 is 3.19.